The van der Waals surface area contributed by atoms with Gasteiger partial charge in [-0.1, -0.05) is 66.2 Å². The van der Waals surface area contributed by atoms with E-state index in [1.54, 1.807) is 0 Å². The molecule has 5 nitrogen and oxygen atoms in total. The molecule has 0 aliphatic rings. The third-order valence-corrected chi connectivity index (χ3v) is 4.95. The molecular formula is C24H28ClN3O2. The molecule has 1 atom stereocenters. The summed E-state index contributed by atoms with van der Waals surface area (Å²) in [6, 6.07) is 21.9. The summed E-state index contributed by atoms with van der Waals surface area (Å²) in [6.07, 6.45) is 0.998. The minimum Gasteiger partial charge on any atom is -0.347 e. The zero-order chi connectivity index (χ0) is 20.6. The molecule has 6 heteroatoms. The molecule has 30 heavy (non-hydrogen) atoms. The van der Waals surface area contributed by atoms with Crippen molar-refractivity contribution in [3.05, 3.63) is 83.4 Å². The van der Waals surface area contributed by atoms with Gasteiger partial charge in [0.05, 0.1) is 12.6 Å². The standard InChI is InChI=1S/C24H27N3O2.ClH/c1-17-6-8-18(9-7-17)10-13-23(28)26-16-24(29)27-22(15-25)21-12-11-19-4-2-3-5-20(19)14-21;/h2-9,11-12,14,22H,10,13,15-16,25H2,1H3,(H,26,28)(H,27,29);1H. The van der Waals surface area contributed by atoms with Crippen LogP contribution in [-0.4, -0.2) is 24.9 Å². The zero-order valence-electron chi connectivity index (χ0n) is 17.1. The Balaban J connectivity index is 0.00000320. The predicted octanol–water partition coefficient (Wildman–Crippen LogP) is 3.44. The van der Waals surface area contributed by atoms with E-state index in [9.17, 15) is 9.59 Å². The largest absolute Gasteiger partial charge is 0.347 e. The second-order valence-corrected chi connectivity index (χ2v) is 7.22. The molecule has 0 bridgehead atoms. The number of amides is 2. The van der Waals surface area contributed by atoms with Gasteiger partial charge in [0.1, 0.15) is 0 Å². The monoisotopic (exact) mass is 425 g/mol. The van der Waals surface area contributed by atoms with E-state index in [4.69, 9.17) is 5.73 Å². The number of rotatable bonds is 8. The van der Waals surface area contributed by atoms with Crippen molar-refractivity contribution in [2.45, 2.75) is 25.8 Å². The van der Waals surface area contributed by atoms with Crippen LogP contribution in [0.1, 0.15) is 29.2 Å². The maximum absolute atomic E-state index is 12.3. The number of nitrogens with one attached hydrogen (secondary N) is 2. The number of carbonyl (C=O) groups is 2. The summed E-state index contributed by atoms with van der Waals surface area (Å²) in [4.78, 5) is 24.3. The van der Waals surface area contributed by atoms with Crippen LogP contribution in [0.5, 0.6) is 0 Å². The molecule has 0 saturated carbocycles. The van der Waals surface area contributed by atoms with Gasteiger partial charge in [-0.2, -0.15) is 0 Å². The molecule has 0 spiro atoms. The SMILES string of the molecule is Cc1ccc(CCC(=O)NCC(=O)NC(CN)c2ccc3ccccc3c2)cc1.Cl. The maximum Gasteiger partial charge on any atom is 0.239 e. The topological polar surface area (TPSA) is 84.2 Å². The van der Waals surface area contributed by atoms with Crippen LogP contribution < -0.4 is 16.4 Å². The summed E-state index contributed by atoms with van der Waals surface area (Å²) < 4.78 is 0. The Labute approximate surface area is 183 Å². The first-order chi connectivity index (χ1) is 14.0. The smallest absolute Gasteiger partial charge is 0.239 e. The first-order valence-electron chi connectivity index (χ1n) is 9.85. The lowest BCUT2D eigenvalue weighted by Gasteiger charge is -2.18. The fourth-order valence-electron chi connectivity index (χ4n) is 3.23. The Morgan fingerprint density at radius 1 is 0.933 bits per heavy atom. The Morgan fingerprint density at radius 3 is 2.33 bits per heavy atom. The Kier molecular flexibility index (Phi) is 8.84. The zero-order valence-corrected chi connectivity index (χ0v) is 17.9. The van der Waals surface area contributed by atoms with Gasteiger partial charge in [-0.3, -0.25) is 9.59 Å². The normalized spacial score (nSPS) is 11.4. The second-order valence-electron chi connectivity index (χ2n) is 7.22. The van der Waals surface area contributed by atoms with Gasteiger partial charge in [0, 0.05) is 13.0 Å². The molecule has 0 heterocycles. The van der Waals surface area contributed by atoms with Crippen LogP contribution in [0.3, 0.4) is 0 Å². The molecule has 2 amide bonds. The average molecular weight is 426 g/mol. The first kappa shape index (κ1) is 23.4. The minimum absolute atomic E-state index is 0. The number of nitrogens with two attached hydrogens (primary N) is 1. The molecule has 3 rings (SSSR count). The van der Waals surface area contributed by atoms with Gasteiger partial charge in [0.25, 0.3) is 0 Å². The van der Waals surface area contributed by atoms with E-state index in [0.717, 1.165) is 21.9 Å². The van der Waals surface area contributed by atoms with Crippen molar-refractivity contribution in [1.82, 2.24) is 10.6 Å². The van der Waals surface area contributed by atoms with E-state index >= 15 is 0 Å². The van der Waals surface area contributed by atoms with Crippen molar-refractivity contribution in [3.8, 4) is 0 Å². The second kappa shape index (κ2) is 11.3. The lowest BCUT2D eigenvalue weighted by molar-refractivity contribution is -0.126. The molecule has 3 aromatic rings. The van der Waals surface area contributed by atoms with E-state index in [-0.39, 0.29) is 43.4 Å². The van der Waals surface area contributed by atoms with Gasteiger partial charge in [0.15, 0.2) is 0 Å². The highest BCUT2D eigenvalue weighted by Gasteiger charge is 2.14. The molecule has 0 saturated heterocycles. The Morgan fingerprint density at radius 2 is 1.63 bits per heavy atom. The number of halogens is 1. The van der Waals surface area contributed by atoms with Crippen molar-refractivity contribution >= 4 is 35.0 Å². The number of benzene rings is 3. The summed E-state index contributed by atoms with van der Waals surface area (Å²) in [5, 5.41) is 7.82. The highest BCUT2D eigenvalue weighted by atomic mass is 35.5. The van der Waals surface area contributed by atoms with Gasteiger partial charge >= 0.3 is 0 Å². The van der Waals surface area contributed by atoms with E-state index < -0.39 is 0 Å². The van der Waals surface area contributed by atoms with Crippen LogP contribution in [0.25, 0.3) is 10.8 Å². The lowest BCUT2D eigenvalue weighted by atomic mass is 10.0. The van der Waals surface area contributed by atoms with Crippen LogP contribution in [0.15, 0.2) is 66.7 Å². The number of hydrogen-bond acceptors (Lipinski definition) is 3. The van der Waals surface area contributed by atoms with Crippen LogP contribution in [0.4, 0.5) is 0 Å². The maximum atomic E-state index is 12.3. The molecular weight excluding hydrogens is 398 g/mol. The third-order valence-electron chi connectivity index (χ3n) is 4.95. The molecule has 0 aliphatic heterocycles. The molecule has 4 N–H and O–H groups in total. The fraction of sp³-hybridized carbons (Fsp3) is 0.250. The molecule has 3 aromatic carbocycles. The van der Waals surface area contributed by atoms with E-state index in [0.29, 0.717) is 12.8 Å². The van der Waals surface area contributed by atoms with Crippen molar-refractivity contribution in [2.24, 2.45) is 5.73 Å². The number of hydrogen-bond donors (Lipinski definition) is 3. The first-order valence-corrected chi connectivity index (χ1v) is 9.85. The van der Waals surface area contributed by atoms with Gasteiger partial charge < -0.3 is 16.4 Å². The molecule has 0 fully saturated rings. The van der Waals surface area contributed by atoms with E-state index in [1.807, 2.05) is 73.7 Å². The Hall–Kier alpha value is -2.89. The summed E-state index contributed by atoms with van der Waals surface area (Å²) in [6.45, 7) is 2.25. The van der Waals surface area contributed by atoms with Crippen LogP contribution in [-0.2, 0) is 16.0 Å². The quantitative estimate of drug-likeness (QED) is 0.517. The summed E-state index contributed by atoms with van der Waals surface area (Å²) in [7, 11) is 0. The lowest BCUT2D eigenvalue weighted by Crippen LogP contribution is -2.40. The summed E-state index contributed by atoms with van der Waals surface area (Å²) >= 11 is 0. The number of fused-ring (bicyclic) bond motifs is 1. The van der Waals surface area contributed by atoms with Crippen molar-refractivity contribution in [3.63, 3.8) is 0 Å². The van der Waals surface area contributed by atoms with Crippen molar-refractivity contribution in [2.75, 3.05) is 13.1 Å². The van der Waals surface area contributed by atoms with E-state index in [1.165, 1.54) is 5.56 Å². The number of aryl methyl sites for hydroxylation is 2. The molecule has 0 radical (unpaired) electrons. The molecule has 158 valence electrons. The summed E-state index contributed by atoms with van der Waals surface area (Å²) in [5.74, 6) is -0.395. The predicted molar refractivity (Wildman–Crippen MR) is 124 cm³/mol. The molecule has 0 aromatic heterocycles. The van der Waals surface area contributed by atoms with Gasteiger partial charge in [0.2, 0.25) is 11.8 Å². The fourth-order valence-corrected chi connectivity index (χ4v) is 3.23. The summed E-state index contributed by atoms with van der Waals surface area (Å²) in [5.41, 5.74) is 9.12. The third kappa shape index (κ3) is 6.58. The van der Waals surface area contributed by atoms with Gasteiger partial charge in [-0.05, 0) is 41.3 Å². The highest BCUT2D eigenvalue weighted by molar-refractivity contribution is 5.86. The number of carbonyl (C=O) groups excluding carboxylic acids is 2. The van der Waals surface area contributed by atoms with Crippen LogP contribution in [0, 0.1) is 6.92 Å². The minimum atomic E-state index is -0.295. The van der Waals surface area contributed by atoms with Gasteiger partial charge in [-0.15, -0.1) is 12.4 Å². The average Bonchev–Trinajstić information content (AvgIpc) is 2.75. The van der Waals surface area contributed by atoms with Crippen molar-refractivity contribution < 1.29 is 9.59 Å². The van der Waals surface area contributed by atoms with Crippen LogP contribution in [0.2, 0.25) is 0 Å². The van der Waals surface area contributed by atoms with Crippen LogP contribution >= 0.6 is 12.4 Å². The Bertz CT molecular complexity index is 989. The molecule has 0 aliphatic carbocycles. The molecule has 1 unspecified atom stereocenters. The highest BCUT2D eigenvalue weighted by Crippen LogP contribution is 2.20. The van der Waals surface area contributed by atoms with E-state index in [2.05, 4.69) is 10.6 Å². The van der Waals surface area contributed by atoms with Crippen molar-refractivity contribution in [1.29, 1.82) is 0 Å². The van der Waals surface area contributed by atoms with Gasteiger partial charge in [-0.25, -0.2) is 0 Å².